The predicted octanol–water partition coefficient (Wildman–Crippen LogP) is 3.61. The Morgan fingerprint density at radius 1 is 1.13 bits per heavy atom. The lowest BCUT2D eigenvalue weighted by molar-refractivity contribution is -0.159. The minimum atomic E-state index is -0.695. The number of thiophene rings is 1. The smallest absolute Gasteiger partial charge is 0.225 e. The first-order valence-corrected chi connectivity index (χ1v) is 11.9. The summed E-state index contributed by atoms with van der Waals surface area (Å²) in [6.45, 7) is 7.79. The Morgan fingerprint density at radius 2 is 1.90 bits per heavy atom. The molecule has 2 aromatic rings. The third-order valence-electron chi connectivity index (χ3n) is 5.66. The number of hydrogen-bond acceptors (Lipinski definition) is 6. The van der Waals surface area contributed by atoms with Gasteiger partial charge in [-0.25, -0.2) is 0 Å². The molecule has 0 unspecified atom stereocenters. The Balaban J connectivity index is 1.47. The maximum atomic E-state index is 13.1. The van der Waals surface area contributed by atoms with Gasteiger partial charge in [0.2, 0.25) is 5.91 Å². The molecule has 2 aliphatic rings. The van der Waals surface area contributed by atoms with Gasteiger partial charge in [0, 0.05) is 47.5 Å². The van der Waals surface area contributed by atoms with Crippen LogP contribution in [0, 0.1) is 6.92 Å². The SMILES string of the molecule is Cc1ccc(CN2CCO[C@](COc3ccc(Cl)cc3)(CC(=O)N3CCOCC3)C2)s1. The maximum Gasteiger partial charge on any atom is 0.225 e. The number of halogens is 1. The zero-order valence-electron chi connectivity index (χ0n) is 17.8. The summed E-state index contributed by atoms with van der Waals surface area (Å²) < 4.78 is 17.8. The van der Waals surface area contributed by atoms with Crippen LogP contribution in [0.3, 0.4) is 0 Å². The first-order valence-electron chi connectivity index (χ1n) is 10.7. The molecule has 0 bridgehead atoms. The molecule has 1 atom stereocenters. The lowest BCUT2D eigenvalue weighted by Gasteiger charge is -2.43. The summed E-state index contributed by atoms with van der Waals surface area (Å²) in [7, 11) is 0. The van der Waals surface area contributed by atoms with Gasteiger partial charge in [-0.15, -0.1) is 11.3 Å². The van der Waals surface area contributed by atoms with E-state index in [1.54, 1.807) is 12.1 Å². The second-order valence-electron chi connectivity index (χ2n) is 8.17. The monoisotopic (exact) mass is 464 g/mol. The van der Waals surface area contributed by atoms with Crippen molar-refractivity contribution in [2.45, 2.75) is 25.5 Å². The molecular formula is C23H29ClN2O4S. The largest absolute Gasteiger partial charge is 0.491 e. The van der Waals surface area contributed by atoms with Crippen molar-refractivity contribution < 1.29 is 19.0 Å². The summed E-state index contributed by atoms with van der Waals surface area (Å²) in [5.74, 6) is 0.814. The van der Waals surface area contributed by atoms with Crippen LogP contribution in [0.1, 0.15) is 16.2 Å². The van der Waals surface area contributed by atoms with Crippen molar-refractivity contribution >= 4 is 28.8 Å². The van der Waals surface area contributed by atoms with E-state index in [2.05, 4.69) is 24.0 Å². The lowest BCUT2D eigenvalue weighted by atomic mass is 9.96. The van der Waals surface area contributed by atoms with Gasteiger partial charge in [-0.2, -0.15) is 0 Å². The number of carbonyl (C=O) groups excluding carboxylic acids is 1. The molecule has 0 radical (unpaired) electrons. The second-order valence-corrected chi connectivity index (χ2v) is 9.98. The molecule has 2 saturated heterocycles. The second kappa shape index (κ2) is 10.3. The molecule has 0 N–H and O–H groups in total. The third kappa shape index (κ3) is 6.20. The maximum absolute atomic E-state index is 13.1. The quantitative estimate of drug-likeness (QED) is 0.626. The number of rotatable bonds is 7. The van der Waals surface area contributed by atoms with Gasteiger partial charge >= 0.3 is 0 Å². The van der Waals surface area contributed by atoms with Crippen LogP contribution in [-0.2, 0) is 20.8 Å². The van der Waals surface area contributed by atoms with Crippen molar-refractivity contribution in [3.05, 3.63) is 51.2 Å². The molecule has 2 fully saturated rings. The average Bonchev–Trinajstić information content (AvgIpc) is 3.18. The Hall–Kier alpha value is -1.64. The molecule has 168 valence electrons. The van der Waals surface area contributed by atoms with Crippen LogP contribution in [0.5, 0.6) is 5.75 Å². The van der Waals surface area contributed by atoms with E-state index in [9.17, 15) is 4.79 Å². The summed E-state index contributed by atoms with van der Waals surface area (Å²) in [6.07, 6.45) is 0.292. The van der Waals surface area contributed by atoms with E-state index in [4.69, 9.17) is 25.8 Å². The van der Waals surface area contributed by atoms with Crippen LogP contribution in [-0.4, -0.2) is 73.9 Å². The number of benzene rings is 1. The summed E-state index contributed by atoms with van der Waals surface area (Å²) in [4.78, 5) is 20.0. The van der Waals surface area contributed by atoms with E-state index in [0.29, 0.717) is 57.5 Å². The van der Waals surface area contributed by atoms with E-state index < -0.39 is 5.60 Å². The van der Waals surface area contributed by atoms with Gasteiger partial charge in [-0.05, 0) is 43.3 Å². The van der Waals surface area contributed by atoms with Gasteiger partial charge < -0.3 is 19.1 Å². The number of carbonyl (C=O) groups is 1. The van der Waals surface area contributed by atoms with Crippen LogP contribution < -0.4 is 4.74 Å². The van der Waals surface area contributed by atoms with E-state index >= 15 is 0 Å². The highest BCUT2D eigenvalue weighted by Crippen LogP contribution is 2.28. The van der Waals surface area contributed by atoms with Crippen molar-refractivity contribution in [3.8, 4) is 5.75 Å². The summed E-state index contributed by atoms with van der Waals surface area (Å²) >= 11 is 7.81. The van der Waals surface area contributed by atoms with Gasteiger partial charge in [-0.1, -0.05) is 11.6 Å². The molecule has 8 heteroatoms. The third-order valence-corrected chi connectivity index (χ3v) is 6.89. The number of ether oxygens (including phenoxy) is 3. The number of morpholine rings is 2. The van der Waals surface area contributed by atoms with E-state index in [1.165, 1.54) is 9.75 Å². The fourth-order valence-electron chi connectivity index (χ4n) is 4.04. The Labute approximate surface area is 192 Å². The van der Waals surface area contributed by atoms with E-state index in [1.807, 2.05) is 28.4 Å². The average molecular weight is 465 g/mol. The normalized spacial score (nSPS) is 22.5. The summed E-state index contributed by atoms with van der Waals surface area (Å²) in [6, 6.07) is 11.6. The zero-order valence-corrected chi connectivity index (χ0v) is 19.4. The molecule has 1 aromatic heterocycles. The fraction of sp³-hybridized carbons (Fsp3) is 0.522. The highest BCUT2D eigenvalue weighted by Gasteiger charge is 2.41. The molecule has 1 amide bonds. The molecule has 0 saturated carbocycles. The van der Waals surface area contributed by atoms with Gasteiger partial charge in [-0.3, -0.25) is 9.69 Å². The van der Waals surface area contributed by atoms with Crippen LogP contribution in [0.4, 0.5) is 0 Å². The first kappa shape index (κ1) is 22.6. The molecule has 2 aliphatic heterocycles. The first-order chi connectivity index (χ1) is 15.0. The van der Waals surface area contributed by atoms with Gasteiger partial charge in [0.25, 0.3) is 0 Å². The van der Waals surface area contributed by atoms with Gasteiger partial charge in [0.1, 0.15) is 18.0 Å². The van der Waals surface area contributed by atoms with E-state index in [-0.39, 0.29) is 5.91 Å². The van der Waals surface area contributed by atoms with Gasteiger partial charge in [0.15, 0.2) is 0 Å². The molecule has 6 nitrogen and oxygen atoms in total. The molecular weight excluding hydrogens is 436 g/mol. The van der Waals surface area contributed by atoms with Crippen molar-refractivity contribution in [2.24, 2.45) is 0 Å². The molecule has 1 aromatic carbocycles. The lowest BCUT2D eigenvalue weighted by Crippen LogP contribution is -2.57. The zero-order chi connectivity index (χ0) is 21.7. The molecule has 0 aliphatic carbocycles. The van der Waals surface area contributed by atoms with Crippen LogP contribution in [0.15, 0.2) is 36.4 Å². The van der Waals surface area contributed by atoms with Crippen LogP contribution in [0.25, 0.3) is 0 Å². The Morgan fingerprint density at radius 3 is 2.61 bits per heavy atom. The predicted molar refractivity (Wildman–Crippen MR) is 122 cm³/mol. The summed E-state index contributed by atoms with van der Waals surface area (Å²) in [5, 5.41) is 0.663. The highest BCUT2D eigenvalue weighted by molar-refractivity contribution is 7.11. The number of amides is 1. The minimum absolute atomic E-state index is 0.0943. The van der Waals surface area contributed by atoms with Crippen molar-refractivity contribution in [2.75, 3.05) is 52.6 Å². The highest BCUT2D eigenvalue weighted by atomic mass is 35.5. The number of nitrogens with zero attached hydrogens (tertiary/aromatic N) is 2. The van der Waals surface area contributed by atoms with Crippen molar-refractivity contribution in [1.82, 2.24) is 9.80 Å². The van der Waals surface area contributed by atoms with Crippen LogP contribution >= 0.6 is 22.9 Å². The molecule has 3 heterocycles. The van der Waals surface area contributed by atoms with Crippen molar-refractivity contribution in [1.29, 1.82) is 0 Å². The minimum Gasteiger partial charge on any atom is -0.491 e. The van der Waals surface area contributed by atoms with E-state index in [0.717, 1.165) is 18.8 Å². The topological polar surface area (TPSA) is 51.2 Å². The number of hydrogen-bond donors (Lipinski definition) is 0. The molecule has 4 rings (SSSR count). The number of aryl methyl sites for hydroxylation is 1. The van der Waals surface area contributed by atoms with Crippen molar-refractivity contribution in [3.63, 3.8) is 0 Å². The standard InChI is InChI=1S/C23H29ClN2O4S/c1-18-2-7-21(31-18)15-25-8-13-30-23(16-25,14-22(27)26-9-11-28-12-10-26)17-29-20-5-3-19(24)4-6-20/h2-7H,8-17H2,1H3/t23-/m1/s1. The van der Waals surface area contributed by atoms with Crippen LogP contribution in [0.2, 0.25) is 5.02 Å². The Kier molecular flexibility index (Phi) is 7.51. The van der Waals surface area contributed by atoms with Gasteiger partial charge in [0.05, 0.1) is 26.2 Å². The molecule has 31 heavy (non-hydrogen) atoms. The summed E-state index contributed by atoms with van der Waals surface area (Å²) in [5.41, 5.74) is -0.695. The molecule has 0 spiro atoms. The Bertz CT molecular complexity index is 869. The fourth-order valence-corrected chi connectivity index (χ4v) is 5.10.